The Morgan fingerprint density at radius 1 is 1.02 bits per heavy atom. The number of rotatable bonds is 8. The van der Waals surface area contributed by atoms with Gasteiger partial charge in [-0.2, -0.15) is 0 Å². The van der Waals surface area contributed by atoms with Gasteiger partial charge in [0.15, 0.2) is 5.11 Å². The standard InChI is InChI=1S/C33H38N6OS/c1-21-10-11-22(2)29(19-21)35-30(40)16-18-38-32(31(36-33(38)41)28-9-7-8-17-34-28)27-20-23(3)39(24(27)4)26-14-12-25(13-15-26)37(5)6/h7-15,17,19-20,31-32H,16,18H2,1-6H3,(H,35,40)(H,36,41)/t31-,32-/m1/s1. The zero-order chi connectivity index (χ0) is 29.3. The first-order valence-corrected chi connectivity index (χ1v) is 14.4. The van der Waals surface area contributed by atoms with Crippen molar-refractivity contribution in [2.45, 2.75) is 46.2 Å². The zero-order valence-electron chi connectivity index (χ0n) is 24.6. The highest BCUT2D eigenvalue weighted by Crippen LogP contribution is 2.41. The lowest BCUT2D eigenvalue weighted by Gasteiger charge is -2.28. The van der Waals surface area contributed by atoms with E-state index >= 15 is 0 Å². The molecule has 1 saturated heterocycles. The number of carbonyl (C=O) groups excluding carboxylic acids is 1. The van der Waals surface area contributed by atoms with Crippen LogP contribution in [-0.4, -0.2) is 46.1 Å². The molecule has 1 fully saturated rings. The lowest BCUT2D eigenvalue weighted by atomic mass is 9.96. The van der Waals surface area contributed by atoms with E-state index in [1.54, 1.807) is 0 Å². The minimum atomic E-state index is -0.143. The summed E-state index contributed by atoms with van der Waals surface area (Å²) in [5, 5.41) is 7.25. The summed E-state index contributed by atoms with van der Waals surface area (Å²) in [6, 6.07) is 22.6. The molecule has 1 aliphatic heterocycles. The predicted molar refractivity (Wildman–Crippen MR) is 171 cm³/mol. The van der Waals surface area contributed by atoms with E-state index in [0.717, 1.165) is 50.8 Å². The molecule has 1 amide bonds. The van der Waals surface area contributed by atoms with Crippen LogP contribution in [0.1, 0.15) is 52.3 Å². The molecule has 7 nitrogen and oxygen atoms in total. The Bertz CT molecular complexity index is 1560. The van der Waals surface area contributed by atoms with Gasteiger partial charge in [-0.15, -0.1) is 0 Å². The second-order valence-corrected chi connectivity index (χ2v) is 11.4. The van der Waals surface area contributed by atoms with Gasteiger partial charge in [0, 0.05) is 61.7 Å². The lowest BCUT2D eigenvalue weighted by Crippen LogP contribution is -2.33. The average molecular weight is 567 g/mol. The van der Waals surface area contributed by atoms with Crippen molar-refractivity contribution in [3.8, 4) is 5.69 Å². The second kappa shape index (κ2) is 11.7. The van der Waals surface area contributed by atoms with Crippen LogP contribution in [0.5, 0.6) is 0 Å². The maximum absolute atomic E-state index is 13.1. The van der Waals surface area contributed by atoms with Gasteiger partial charge in [0.2, 0.25) is 5.91 Å². The van der Waals surface area contributed by atoms with Crippen LogP contribution in [0, 0.1) is 27.7 Å². The molecule has 41 heavy (non-hydrogen) atoms. The van der Waals surface area contributed by atoms with Crippen LogP contribution in [0.25, 0.3) is 5.69 Å². The molecule has 212 valence electrons. The van der Waals surface area contributed by atoms with Crippen LogP contribution in [-0.2, 0) is 4.79 Å². The Kier molecular flexibility index (Phi) is 8.13. The summed E-state index contributed by atoms with van der Waals surface area (Å²) in [5.41, 5.74) is 9.63. The van der Waals surface area contributed by atoms with E-state index in [-0.39, 0.29) is 18.0 Å². The Morgan fingerprint density at radius 3 is 2.46 bits per heavy atom. The largest absolute Gasteiger partial charge is 0.378 e. The first-order chi connectivity index (χ1) is 19.6. The van der Waals surface area contributed by atoms with Crippen molar-refractivity contribution in [3.05, 3.63) is 107 Å². The third kappa shape index (κ3) is 5.84. The minimum absolute atomic E-state index is 0.0343. The van der Waals surface area contributed by atoms with Gasteiger partial charge in [-0.1, -0.05) is 18.2 Å². The number of benzene rings is 2. The van der Waals surface area contributed by atoms with E-state index in [4.69, 9.17) is 12.2 Å². The molecule has 2 N–H and O–H groups in total. The number of amides is 1. The van der Waals surface area contributed by atoms with Gasteiger partial charge in [0.25, 0.3) is 0 Å². The molecule has 0 unspecified atom stereocenters. The molecular formula is C33H38N6OS. The van der Waals surface area contributed by atoms with E-state index in [2.05, 4.69) is 80.2 Å². The minimum Gasteiger partial charge on any atom is -0.378 e. The maximum atomic E-state index is 13.1. The third-order valence-corrected chi connectivity index (χ3v) is 8.21. The molecule has 0 saturated carbocycles. The summed E-state index contributed by atoms with van der Waals surface area (Å²) in [4.78, 5) is 22.0. The van der Waals surface area contributed by atoms with Crippen LogP contribution in [0.3, 0.4) is 0 Å². The topological polar surface area (TPSA) is 65.4 Å². The van der Waals surface area contributed by atoms with Gasteiger partial charge in [0.05, 0.1) is 17.8 Å². The van der Waals surface area contributed by atoms with Crippen LogP contribution < -0.4 is 15.5 Å². The summed E-state index contributed by atoms with van der Waals surface area (Å²) < 4.78 is 2.29. The van der Waals surface area contributed by atoms with Gasteiger partial charge >= 0.3 is 0 Å². The fraction of sp³-hybridized carbons (Fsp3) is 0.303. The fourth-order valence-electron chi connectivity index (χ4n) is 5.67. The van der Waals surface area contributed by atoms with Crippen LogP contribution in [0.4, 0.5) is 11.4 Å². The number of hydrogen-bond donors (Lipinski definition) is 2. The second-order valence-electron chi connectivity index (χ2n) is 11.0. The molecule has 4 aromatic rings. The molecule has 0 radical (unpaired) electrons. The Balaban J connectivity index is 1.46. The molecule has 0 bridgehead atoms. The maximum Gasteiger partial charge on any atom is 0.226 e. The van der Waals surface area contributed by atoms with Gasteiger partial charge in [-0.3, -0.25) is 9.78 Å². The van der Waals surface area contributed by atoms with Crippen molar-refractivity contribution < 1.29 is 4.79 Å². The molecule has 3 heterocycles. The Hall–Kier alpha value is -4.17. The van der Waals surface area contributed by atoms with Gasteiger partial charge in [0.1, 0.15) is 0 Å². The van der Waals surface area contributed by atoms with Crippen LogP contribution in [0.15, 0.2) is 72.9 Å². The highest BCUT2D eigenvalue weighted by molar-refractivity contribution is 7.80. The molecule has 0 aliphatic carbocycles. The number of anilines is 2. The third-order valence-electron chi connectivity index (χ3n) is 7.86. The Morgan fingerprint density at radius 2 is 1.78 bits per heavy atom. The summed E-state index contributed by atoms with van der Waals surface area (Å²) in [6.45, 7) is 8.81. The molecule has 2 atom stereocenters. The molecule has 2 aromatic heterocycles. The summed E-state index contributed by atoms with van der Waals surface area (Å²) in [5.74, 6) is -0.0343. The molecule has 5 rings (SSSR count). The number of carbonyl (C=O) groups is 1. The number of aryl methyl sites for hydroxylation is 3. The normalized spacial score (nSPS) is 16.5. The SMILES string of the molecule is Cc1ccc(C)c(NC(=O)CCN2C(=S)N[C@H](c3ccccn3)[C@H]2c2cc(C)n(-c3ccc(N(C)C)cc3)c2C)c1. The van der Waals surface area contributed by atoms with Crippen LogP contribution in [0.2, 0.25) is 0 Å². The molecule has 8 heteroatoms. The number of thiocarbonyl (C=S) groups is 1. The first kappa shape index (κ1) is 28.4. The quantitative estimate of drug-likeness (QED) is 0.249. The predicted octanol–water partition coefficient (Wildman–Crippen LogP) is 6.17. The summed E-state index contributed by atoms with van der Waals surface area (Å²) in [7, 11) is 4.09. The van der Waals surface area contributed by atoms with Crippen LogP contribution >= 0.6 is 12.2 Å². The molecule has 0 spiro atoms. The van der Waals surface area contributed by atoms with Crippen molar-refractivity contribution in [1.82, 2.24) is 19.8 Å². The van der Waals surface area contributed by atoms with E-state index in [9.17, 15) is 4.79 Å². The van der Waals surface area contributed by atoms with Crippen molar-refractivity contribution >= 4 is 34.6 Å². The lowest BCUT2D eigenvalue weighted by molar-refractivity contribution is -0.116. The summed E-state index contributed by atoms with van der Waals surface area (Å²) in [6.07, 6.45) is 2.12. The number of nitrogens with one attached hydrogen (secondary N) is 2. The van der Waals surface area contributed by atoms with Gasteiger partial charge in [-0.05, 0) is 105 Å². The summed E-state index contributed by atoms with van der Waals surface area (Å²) >= 11 is 5.87. The van der Waals surface area contributed by atoms with E-state index in [0.29, 0.717) is 18.1 Å². The fourth-order valence-corrected chi connectivity index (χ4v) is 6.01. The number of hydrogen-bond acceptors (Lipinski definition) is 4. The van der Waals surface area contributed by atoms with Gasteiger partial charge < -0.3 is 25.0 Å². The number of pyridine rings is 1. The zero-order valence-corrected chi connectivity index (χ0v) is 25.4. The van der Waals surface area contributed by atoms with E-state index in [1.165, 1.54) is 0 Å². The van der Waals surface area contributed by atoms with Crippen molar-refractivity contribution in [2.24, 2.45) is 0 Å². The molecule has 1 aliphatic rings. The van der Waals surface area contributed by atoms with Crippen molar-refractivity contribution in [3.63, 3.8) is 0 Å². The number of nitrogens with zero attached hydrogens (tertiary/aromatic N) is 4. The molecule has 2 aromatic carbocycles. The van der Waals surface area contributed by atoms with Gasteiger partial charge in [-0.25, -0.2) is 0 Å². The van der Waals surface area contributed by atoms with Crippen molar-refractivity contribution in [2.75, 3.05) is 30.9 Å². The number of aromatic nitrogens is 2. The molecular weight excluding hydrogens is 528 g/mol. The average Bonchev–Trinajstić information content (AvgIpc) is 3.44. The van der Waals surface area contributed by atoms with Crippen molar-refractivity contribution in [1.29, 1.82) is 0 Å². The monoisotopic (exact) mass is 566 g/mol. The first-order valence-electron chi connectivity index (χ1n) is 14.0. The van der Waals surface area contributed by atoms with E-state index < -0.39 is 0 Å². The Labute approximate surface area is 248 Å². The highest BCUT2D eigenvalue weighted by Gasteiger charge is 2.41. The highest BCUT2D eigenvalue weighted by atomic mass is 32.1. The van der Waals surface area contributed by atoms with E-state index in [1.807, 2.05) is 64.5 Å². The smallest absolute Gasteiger partial charge is 0.226 e.